The highest BCUT2D eigenvalue weighted by molar-refractivity contribution is 7.92. The van der Waals surface area contributed by atoms with E-state index in [0.717, 1.165) is 0 Å². The molecule has 0 saturated heterocycles. The van der Waals surface area contributed by atoms with Gasteiger partial charge in [0.2, 0.25) is 11.7 Å². The van der Waals surface area contributed by atoms with Crippen molar-refractivity contribution in [2.45, 2.75) is 11.4 Å². The van der Waals surface area contributed by atoms with Gasteiger partial charge in [-0.2, -0.15) is 4.98 Å². The summed E-state index contributed by atoms with van der Waals surface area (Å²) in [6.45, 7) is 0.139. The summed E-state index contributed by atoms with van der Waals surface area (Å²) >= 11 is 0. The number of hydrogen-bond donors (Lipinski definition) is 1. The first-order valence-electron chi connectivity index (χ1n) is 9.80. The summed E-state index contributed by atoms with van der Waals surface area (Å²) in [5.41, 5.74) is 1.48. The van der Waals surface area contributed by atoms with Crippen LogP contribution in [0, 0.1) is 10.1 Å². The maximum absolute atomic E-state index is 13.0. The van der Waals surface area contributed by atoms with Crippen molar-refractivity contribution in [2.75, 3.05) is 16.7 Å². The number of nitrogens with one attached hydrogen (secondary N) is 1. The second-order valence-electron chi connectivity index (χ2n) is 7.01. The fourth-order valence-electron chi connectivity index (χ4n) is 3.08. The number of rotatable bonds is 8. The SMILES string of the molecule is CN(c1ccccc1)S(=O)(=O)c1cccc(NCc2nc(-c3cccc([N+](=O)[O-])c3)no2)c1. The third-order valence-corrected chi connectivity index (χ3v) is 6.62. The summed E-state index contributed by atoms with van der Waals surface area (Å²) in [7, 11) is -2.25. The third kappa shape index (κ3) is 4.83. The molecule has 168 valence electrons. The molecule has 1 N–H and O–H groups in total. The summed E-state index contributed by atoms with van der Waals surface area (Å²) in [6, 6.07) is 21.1. The summed E-state index contributed by atoms with van der Waals surface area (Å²) in [4.78, 5) is 14.8. The highest BCUT2D eigenvalue weighted by Gasteiger charge is 2.21. The van der Waals surface area contributed by atoms with Gasteiger partial charge in [-0.15, -0.1) is 0 Å². The Balaban J connectivity index is 1.48. The van der Waals surface area contributed by atoms with Crippen LogP contribution in [0.1, 0.15) is 5.89 Å². The van der Waals surface area contributed by atoms with Gasteiger partial charge in [0.15, 0.2) is 0 Å². The lowest BCUT2D eigenvalue weighted by atomic mass is 10.2. The quantitative estimate of drug-likeness (QED) is 0.304. The molecule has 0 aliphatic heterocycles. The lowest BCUT2D eigenvalue weighted by Crippen LogP contribution is -2.26. The van der Waals surface area contributed by atoms with E-state index in [1.807, 2.05) is 6.07 Å². The molecule has 10 nitrogen and oxygen atoms in total. The predicted molar refractivity (Wildman–Crippen MR) is 122 cm³/mol. The normalized spacial score (nSPS) is 11.2. The molecule has 0 atom stereocenters. The van der Waals surface area contributed by atoms with E-state index in [1.165, 1.54) is 35.6 Å². The van der Waals surface area contributed by atoms with E-state index in [0.29, 0.717) is 16.9 Å². The summed E-state index contributed by atoms with van der Waals surface area (Å²) in [5.74, 6) is 0.461. The van der Waals surface area contributed by atoms with Gasteiger partial charge in [0.25, 0.3) is 15.7 Å². The maximum Gasteiger partial charge on any atom is 0.270 e. The molecule has 0 bridgehead atoms. The Labute approximate surface area is 189 Å². The monoisotopic (exact) mass is 465 g/mol. The van der Waals surface area contributed by atoms with Crippen LogP contribution in [0.15, 0.2) is 88.3 Å². The van der Waals surface area contributed by atoms with Crippen LogP contribution in [0.5, 0.6) is 0 Å². The highest BCUT2D eigenvalue weighted by Crippen LogP contribution is 2.24. The van der Waals surface area contributed by atoms with Gasteiger partial charge in [-0.3, -0.25) is 14.4 Å². The van der Waals surface area contributed by atoms with E-state index >= 15 is 0 Å². The van der Waals surface area contributed by atoms with Gasteiger partial charge in [0.05, 0.1) is 22.1 Å². The fraction of sp³-hybridized carbons (Fsp3) is 0.0909. The Morgan fingerprint density at radius 1 is 1.03 bits per heavy atom. The molecule has 1 heterocycles. The van der Waals surface area contributed by atoms with Crippen LogP contribution in [0.2, 0.25) is 0 Å². The second-order valence-corrected chi connectivity index (χ2v) is 8.98. The molecule has 0 aliphatic carbocycles. The Bertz CT molecular complexity index is 1390. The van der Waals surface area contributed by atoms with Crippen molar-refractivity contribution in [3.05, 3.63) is 94.9 Å². The van der Waals surface area contributed by atoms with Crippen LogP contribution in [0.25, 0.3) is 11.4 Å². The minimum absolute atomic E-state index is 0.0736. The van der Waals surface area contributed by atoms with Crippen LogP contribution >= 0.6 is 0 Å². The largest absolute Gasteiger partial charge is 0.376 e. The molecule has 4 aromatic rings. The lowest BCUT2D eigenvalue weighted by Gasteiger charge is -2.19. The fourth-order valence-corrected chi connectivity index (χ4v) is 4.32. The molecular formula is C22H19N5O5S. The molecule has 0 unspecified atom stereocenters. The van der Waals surface area contributed by atoms with Crippen molar-refractivity contribution in [3.63, 3.8) is 0 Å². The Morgan fingerprint density at radius 2 is 1.79 bits per heavy atom. The first-order valence-corrected chi connectivity index (χ1v) is 11.2. The average molecular weight is 465 g/mol. The van der Waals surface area contributed by atoms with Crippen LogP contribution in [-0.4, -0.2) is 30.5 Å². The average Bonchev–Trinajstić information content (AvgIpc) is 3.32. The van der Waals surface area contributed by atoms with E-state index < -0.39 is 14.9 Å². The minimum Gasteiger partial charge on any atom is -0.376 e. The third-order valence-electron chi connectivity index (χ3n) is 4.84. The standard InChI is InChI=1S/C22H19N5O5S/c1-26(18-9-3-2-4-10-18)33(30,31)20-12-6-8-17(14-20)23-15-21-24-22(25-32-21)16-7-5-11-19(13-16)27(28)29/h2-14,23H,15H2,1H3. The van der Waals surface area contributed by atoms with Crippen LogP contribution in [0.3, 0.4) is 0 Å². The van der Waals surface area contributed by atoms with Crippen LogP contribution in [-0.2, 0) is 16.6 Å². The zero-order valence-electron chi connectivity index (χ0n) is 17.5. The number of aromatic nitrogens is 2. The van der Waals surface area contributed by atoms with Gasteiger partial charge in [-0.1, -0.05) is 41.6 Å². The number of anilines is 2. The zero-order chi connectivity index (χ0) is 23.4. The molecule has 1 aromatic heterocycles. The number of benzene rings is 3. The van der Waals surface area contributed by atoms with Crippen molar-refractivity contribution >= 4 is 27.1 Å². The number of hydrogen-bond acceptors (Lipinski definition) is 8. The van der Waals surface area contributed by atoms with E-state index in [-0.39, 0.29) is 28.8 Å². The first kappa shape index (κ1) is 22.0. The van der Waals surface area contributed by atoms with Crippen molar-refractivity contribution in [1.82, 2.24) is 10.1 Å². The van der Waals surface area contributed by atoms with Gasteiger partial charge in [0, 0.05) is 30.4 Å². The van der Waals surface area contributed by atoms with Gasteiger partial charge in [-0.05, 0) is 30.3 Å². The molecule has 0 amide bonds. The number of nitro groups is 1. The summed E-state index contributed by atoms with van der Waals surface area (Å²) in [6.07, 6.45) is 0. The summed E-state index contributed by atoms with van der Waals surface area (Å²) < 4.78 is 32.4. The molecule has 0 spiro atoms. The molecule has 4 rings (SSSR count). The second kappa shape index (κ2) is 9.09. The van der Waals surface area contributed by atoms with E-state index in [4.69, 9.17) is 4.52 Å². The van der Waals surface area contributed by atoms with E-state index in [2.05, 4.69) is 15.5 Å². The van der Waals surface area contributed by atoms with Crippen molar-refractivity contribution in [3.8, 4) is 11.4 Å². The molecule has 0 aliphatic rings. The topological polar surface area (TPSA) is 131 Å². The number of sulfonamides is 1. The molecule has 11 heteroatoms. The van der Waals surface area contributed by atoms with Crippen molar-refractivity contribution in [1.29, 1.82) is 0 Å². The van der Waals surface area contributed by atoms with Crippen LogP contribution in [0.4, 0.5) is 17.1 Å². The highest BCUT2D eigenvalue weighted by atomic mass is 32.2. The predicted octanol–water partition coefficient (Wildman–Crippen LogP) is 4.08. The Morgan fingerprint density at radius 3 is 2.55 bits per heavy atom. The Hall–Kier alpha value is -4.25. The minimum atomic E-state index is -3.75. The molecule has 3 aromatic carbocycles. The number of nitro benzene ring substituents is 1. The van der Waals surface area contributed by atoms with Gasteiger partial charge >= 0.3 is 0 Å². The lowest BCUT2D eigenvalue weighted by molar-refractivity contribution is -0.384. The Kier molecular flexibility index (Phi) is 6.05. The summed E-state index contributed by atoms with van der Waals surface area (Å²) in [5, 5.41) is 17.9. The van der Waals surface area contributed by atoms with E-state index in [1.54, 1.807) is 48.5 Å². The maximum atomic E-state index is 13.0. The number of non-ortho nitro benzene ring substituents is 1. The van der Waals surface area contributed by atoms with Crippen molar-refractivity contribution < 1.29 is 17.9 Å². The van der Waals surface area contributed by atoms with E-state index in [9.17, 15) is 18.5 Å². The number of para-hydroxylation sites is 1. The first-order chi connectivity index (χ1) is 15.8. The molecular weight excluding hydrogens is 446 g/mol. The van der Waals surface area contributed by atoms with Gasteiger partial charge < -0.3 is 9.84 Å². The molecule has 0 saturated carbocycles. The molecule has 0 fully saturated rings. The van der Waals surface area contributed by atoms with Gasteiger partial charge in [0.1, 0.15) is 0 Å². The smallest absolute Gasteiger partial charge is 0.270 e. The molecule has 33 heavy (non-hydrogen) atoms. The zero-order valence-corrected chi connectivity index (χ0v) is 18.3. The van der Waals surface area contributed by atoms with Crippen LogP contribution < -0.4 is 9.62 Å². The number of nitrogens with zero attached hydrogens (tertiary/aromatic N) is 4. The van der Waals surface area contributed by atoms with Gasteiger partial charge in [-0.25, -0.2) is 8.42 Å². The van der Waals surface area contributed by atoms with Crippen molar-refractivity contribution in [2.24, 2.45) is 0 Å². The molecule has 0 radical (unpaired) electrons.